The van der Waals surface area contributed by atoms with Gasteiger partial charge in [0.05, 0.1) is 5.92 Å². The Morgan fingerprint density at radius 3 is 1.73 bits per heavy atom. The molecule has 0 aliphatic heterocycles. The second-order valence-corrected chi connectivity index (χ2v) is 6.74. The zero-order valence-electron chi connectivity index (χ0n) is 15.4. The molecule has 1 unspecified atom stereocenters. The van der Waals surface area contributed by atoms with E-state index in [4.69, 9.17) is 0 Å². The number of amides is 1. The molecule has 0 aliphatic carbocycles. The van der Waals surface area contributed by atoms with Crippen LogP contribution in [-0.2, 0) is 17.9 Å². The third kappa shape index (κ3) is 4.40. The molecule has 3 aromatic carbocycles. The summed E-state index contributed by atoms with van der Waals surface area (Å²) in [7, 11) is 0. The molecule has 2 heteroatoms. The second kappa shape index (κ2) is 8.48. The topological polar surface area (TPSA) is 20.3 Å². The van der Waals surface area contributed by atoms with Gasteiger partial charge in [0.1, 0.15) is 0 Å². The van der Waals surface area contributed by atoms with Gasteiger partial charge in [-0.25, -0.2) is 0 Å². The first-order valence-corrected chi connectivity index (χ1v) is 9.07. The molecular formula is C24H25NO. The maximum absolute atomic E-state index is 13.3. The van der Waals surface area contributed by atoms with E-state index in [2.05, 4.69) is 43.3 Å². The van der Waals surface area contributed by atoms with E-state index >= 15 is 0 Å². The van der Waals surface area contributed by atoms with Gasteiger partial charge in [0.15, 0.2) is 0 Å². The lowest BCUT2D eigenvalue weighted by Crippen LogP contribution is -2.33. The van der Waals surface area contributed by atoms with Gasteiger partial charge in [-0.2, -0.15) is 0 Å². The predicted molar refractivity (Wildman–Crippen MR) is 107 cm³/mol. The summed E-state index contributed by atoms with van der Waals surface area (Å²) in [5.41, 5.74) is 4.55. The van der Waals surface area contributed by atoms with Crippen molar-refractivity contribution in [3.8, 4) is 0 Å². The van der Waals surface area contributed by atoms with E-state index in [9.17, 15) is 4.79 Å². The summed E-state index contributed by atoms with van der Waals surface area (Å²) in [6.07, 6.45) is 0. The van der Waals surface area contributed by atoms with Crippen molar-refractivity contribution in [2.24, 2.45) is 0 Å². The van der Waals surface area contributed by atoms with Crippen LogP contribution in [0, 0.1) is 6.92 Å². The molecule has 0 aromatic heterocycles. The molecule has 3 rings (SSSR count). The summed E-state index contributed by atoms with van der Waals surface area (Å²) in [6, 6.07) is 28.5. The van der Waals surface area contributed by atoms with Crippen LogP contribution in [-0.4, -0.2) is 10.8 Å². The van der Waals surface area contributed by atoms with E-state index in [1.165, 1.54) is 0 Å². The molecule has 0 N–H and O–H groups in total. The zero-order chi connectivity index (χ0) is 18.4. The van der Waals surface area contributed by atoms with E-state index in [-0.39, 0.29) is 11.8 Å². The Labute approximate surface area is 156 Å². The number of benzene rings is 3. The molecule has 0 heterocycles. The highest BCUT2D eigenvalue weighted by Crippen LogP contribution is 2.23. The Balaban J connectivity index is 1.86. The third-order valence-corrected chi connectivity index (χ3v) is 4.77. The number of hydrogen-bond donors (Lipinski definition) is 0. The van der Waals surface area contributed by atoms with Crippen LogP contribution >= 0.6 is 0 Å². The number of nitrogens with zero attached hydrogens (tertiary/aromatic N) is 1. The average Bonchev–Trinajstić information content (AvgIpc) is 2.68. The molecule has 1 atom stereocenters. The molecule has 0 aliphatic rings. The molecule has 0 spiro atoms. The first-order chi connectivity index (χ1) is 12.6. The Bertz CT molecular complexity index is 801. The lowest BCUT2D eigenvalue weighted by atomic mass is 9.95. The molecule has 0 bridgehead atoms. The average molecular weight is 343 g/mol. The second-order valence-electron chi connectivity index (χ2n) is 6.74. The van der Waals surface area contributed by atoms with Crippen LogP contribution in [0.25, 0.3) is 0 Å². The van der Waals surface area contributed by atoms with Crippen LogP contribution in [0.2, 0.25) is 0 Å². The quantitative estimate of drug-likeness (QED) is 0.592. The van der Waals surface area contributed by atoms with Gasteiger partial charge in [-0.3, -0.25) is 4.79 Å². The minimum Gasteiger partial charge on any atom is -0.334 e. The molecule has 0 saturated heterocycles. The number of rotatable bonds is 6. The normalized spacial score (nSPS) is 11.8. The Morgan fingerprint density at radius 1 is 0.769 bits per heavy atom. The van der Waals surface area contributed by atoms with Gasteiger partial charge in [0.25, 0.3) is 0 Å². The van der Waals surface area contributed by atoms with Crippen molar-refractivity contribution in [1.82, 2.24) is 4.90 Å². The number of aryl methyl sites for hydroxylation is 1. The van der Waals surface area contributed by atoms with E-state index < -0.39 is 0 Å². The molecule has 0 saturated carbocycles. The van der Waals surface area contributed by atoms with Crippen molar-refractivity contribution in [3.63, 3.8) is 0 Å². The largest absolute Gasteiger partial charge is 0.334 e. The van der Waals surface area contributed by atoms with Crippen LogP contribution in [0.5, 0.6) is 0 Å². The van der Waals surface area contributed by atoms with Crippen LogP contribution in [0.3, 0.4) is 0 Å². The Kier molecular flexibility index (Phi) is 5.85. The summed E-state index contributed by atoms with van der Waals surface area (Å²) >= 11 is 0. The minimum absolute atomic E-state index is 0.159. The smallest absolute Gasteiger partial charge is 0.230 e. The van der Waals surface area contributed by atoms with Crippen molar-refractivity contribution in [2.75, 3.05) is 0 Å². The predicted octanol–water partition coefficient (Wildman–Crippen LogP) is 5.33. The number of hydrogen-bond acceptors (Lipinski definition) is 1. The van der Waals surface area contributed by atoms with Crippen LogP contribution in [0.1, 0.15) is 35.1 Å². The first-order valence-electron chi connectivity index (χ1n) is 9.07. The highest BCUT2D eigenvalue weighted by atomic mass is 16.2. The lowest BCUT2D eigenvalue weighted by Gasteiger charge is -2.27. The molecule has 3 aromatic rings. The van der Waals surface area contributed by atoms with E-state index in [1.807, 2.05) is 60.4 Å². The van der Waals surface area contributed by atoms with Crippen molar-refractivity contribution in [3.05, 3.63) is 107 Å². The van der Waals surface area contributed by atoms with E-state index in [1.54, 1.807) is 0 Å². The molecule has 132 valence electrons. The van der Waals surface area contributed by atoms with E-state index in [0.29, 0.717) is 13.1 Å². The minimum atomic E-state index is -0.163. The first kappa shape index (κ1) is 17.9. The van der Waals surface area contributed by atoms with Crippen LogP contribution < -0.4 is 0 Å². The van der Waals surface area contributed by atoms with Gasteiger partial charge >= 0.3 is 0 Å². The van der Waals surface area contributed by atoms with Gasteiger partial charge in [-0.1, -0.05) is 84.9 Å². The Hall–Kier alpha value is -2.87. The lowest BCUT2D eigenvalue weighted by molar-refractivity contribution is -0.133. The van der Waals surface area contributed by atoms with Gasteiger partial charge in [-0.15, -0.1) is 0 Å². The summed E-state index contributed by atoms with van der Waals surface area (Å²) < 4.78 is 0. The third-order valence-electron chi connectivity index (χ3n) is 4.77. The molecule has 26 heavy (non-hydrogen) atoms. The van der Waals surface area contributed by atoms with Crippen molar-refractivity contribution in [2.45, 2.75) is 32.9 Å². The van der Waals surface area contributed by atoms with Gasteiger partial charge < -0.3 is 4.90 Å². The van der Waals surface area contributed by atoms with E-state index in [0.717, 1.165) is 22.3 Å². The van der Waals surface area contributed by atoms with Gasteiger partial charge in [-0.05, 0) is 36.1 Å². The highest BCUT2D eigenvalue weighted by Gasteiger charge is 2.23. The van der Waals surface area contributed by atoms with Gasteiger partial charge in [0.2, 0.25) is 5.91 Å². The highest BCUT2D eigenvalue weighted by molar-refractivity contribution is 5.83. The van der Waals surface area contributed by atoms with Crippen molar-refractivity contribution < 1.29 is 4.79 Å². The summed E-state index contributed by atoms with van der Waals surface area (Å²) in [4.78, 5) is 15.3. The molecule has 0 radical (unpaired) electrons. The van der Waals surface area contributed by atoms with Crippen LogP contribution in [0.15, 0.2) is 84.9 Å². The molecular weight excluding hydrogens is 318 g/mol. The monoisotopic (exact) mass is 343 g/mol. The fraction of sp³-hybridized carbons (Fsp3) is 0.208. The molecule has 0 fully saturated rings. The zero-order valence-corrected chi connectivity index (χ0v) is 15.4. The Morgan fingerprint density at radius 2 is 1.23 bits per heavy atom. The summed E-state index contributed by atoms with van der Waals surface area (Å²) in [5, 5.41) is 0. The standard InChI is InChI=1S/C24H25NO/c1-19-11-9-10-16-23(19)20(2)24(26)25(17-21-12-5-3-6-13-21)18-22-14-7-4-8-15-22/h3-16,20H,17-18H2,1-2H3. The maximum atomic E-state index is 13.3. The fourth-order valence-corrected chi connectivity index (χ4v) is 3.30. The molecule has 1 amide bonds. The fourth-order valence-electron chi connectivity index (χ4n) is 3.30. The van der Waals surface area contributed by atoms with Crippen molar-refractivity contribution in [1.29, 1.82) is 0 Å². The number of carbonyl (C=O) groups is 1. The van der Waals surface area contributed by atoms with Crippen LogP contribution in [0.4, 0.5) is 0 Å². The summed E-state index contributed by atoms with van der Waals surface area (Å²) in [5.74, 6) is -0.00405. The molecule has 2 nitrogen and oxygen atoms in total. The van der Waals surface area contributed by atoms with Crippen molar-refractivity contribution >= 4 is 5.91 Å². The number of carbonyl (C=O) groups excluding carboxylic acids is 1. The maximum Gasteiger partial charge on any atom is 0.230 e. The summed E-state index contributed by atoms with van der Waals surface area (Å²) in [6.45, 7) is 5.31. The van der Waals surface area contributed by atoms with Gasteiger partial charge in [0, 0.05) is 13.1 Å². The SMILES string of the molecule is Cc1ccccc1C(C)C(=O)N(Cc1ccccc1)Cc1ccccc1.